The molecule has 2 unspecified atom stereocenters. The third-order valence-corrected chi connectivity index (χ3v) is 3.06. The van der Waals surface area contributed by atoms with Crippen LogP contribution >= 0.6 is 0 Å². The molecule has 1 aromatic rings. The molecular formula is C12H19N3O4. The lowest BCUT2D eigenvalue weighted by atomic mass is 10.1. The first-order valence-corrected chi connectivity index (χ1v) is 5.93. The molecule has 1 aromatic heterocycles. The van der Waals surface area contributed by atoms with Crippen LogP contribution in [0.4, 0.5) is 0 Å². The fraction of sp³-hybridized carbons (Fsp3) is 0.583. The molecule has 1 heterocycles. The molecule has 7 heteroatoms. The van der Waals surface area contributed by atoms with Crippen LogP contribution in [0.1, 0.15) is 23.9 Å². The minimum Gasteiger partial charge on any atom is -0.480 e. The molecular weight excluding hydrogens is 250 g/mol. The van der Waals surface area contributed by atoms with Crippen molar-refractivity contribution in [1.29, 1.82) is 0 Å². The topological polar surface area (TPSA) is 104 Å². The summed E-state index contributed by atoms with van der Waals surface area (Å²) in [5.41, 5.74) is 2.37. The lowest BCUT2D eigenvalue weighted by Gasteiger charge is -2.17. The molecule has 3 N–H and O–H groups in total. The molecule has 0 aromatic carbocycles. The number of aryl methyl sites for hydroxylation is 2. The molecule has 7 nitrogen and oxygen atoms in total. The molecule has 1 rings (SSSR count). The van der Waals surface area contributed by atoms with Gasteiger partial charge in [0.05, 0.1) is 18.2 Å². The van der Waals surface area contributed by atoms with Gasteiger partial charge in [-0.3, -0.25) is 9.48 Å². The Balaban J connectivity index is 2.77. The van der Waals surface area contributed by atoms with Gasteiger partial charge in [-0.2, -0.15) is 5.10 Å². The number of carbonyl (C=O) groups is 2. The number of amides is 1. The SMILES string of the molecule is Cc1nn(C)c(C)c1CC(=O)NC(C(=O)O)C(C)O. The van der Waals surface area contributed by atoms with E-state index in [4.69, 9.17) is 5.11 Å². The van der Waals surface area contributed by atoms with Crippen molar-refractivity contribution >= 4 is 11.9 Å². The maximum atomic E-state index is 11.8. The van der Waals surface area contributed by atoms with Crippen LogP contribution in [-0.2, 0) is 23.1 Å². The molecule has 2 atom stereocenters. The van der Waals surface area contributed by atoms with E-state index >= 15 is 0 Å². The maximum Gasteiger partial charge on any atom is 0.328 e. The molecule has 106 valence electrons. The molecule has 0 fully saturated rings. The van der Waals surface area contributed by atoms with Crippen molar-refractivity contribution in [2.75, 3.05) is 0 Å². The molecule has 0 saturated carbocycles. The van der Waals surface area contributed by atoms with E-state index in [-0.39, 0.29) is 6.42 Å². The first kappa shape index (κ1) is 15.2. The van der Waals surface area contributed by atoms with Gasteiger partial charge in [-0.15, -0.1) is 0 Å². The van der Waals surface area contributed by atoms with E-state index in [1.807, 2.05) is 6.92 Å². The lowest BCUT2D eigenvalue weighted by molar-refractivity contribution is -0.144. The van der Waals surface area contributed by atoms with Gasteiger partial charge in [0.1, 0.15) is 0 Å². The molecule has 0 aliphatic carbocycles. The van der Waals surface area contributed by atoms with Crippen molar-refractivity contribution in [3.8, 4) is 0 Å². The predicted molar refractivity (Wildman–Crippen MR) is 67.6 cm³/mol. The third kappa shape index (κ3) is 3.54. The van der Waals surface area contributed by atoms with Gasteiger partial charge >= 0.3 is 5.97 Å². The fourth-order valence-corrected chi connectivity index (χ4v) is 1.85. The smallest absolute Gasteiger partial charge is 0.328 e. The highest BCUT2D eigenvalue weighted by molar-refractivity contribution is 5.85. The number of aliphatic hydroxyl groups excluding tert-OH is 1. The average Bonchev–Trinajstić information content (AvgIpc) is 2.52. The second-order valence-corrected chi connectivity index (χ2v) is 4.57. The molecule has 0 aliphatic rings. The largest absolute Gasteiger partial charge is 0.480 e. The van der Waals surface area contributed by atoms with Gasteiger partial charge in [-0.1, -0.05) is 0 Å². The van der Waals surface area contributed by atoms with Crippen LogP contribution in [0.3, 0.4) is 0 Å². The summed E-state index contributed by atoms with van der Waals surface area (Å²) in [5, 5.41) is 24.7. The number of carbonyl (C=O) groups excluding carboxylic acids is 1. The molecule has 0 saturated heterocycles. The van der Waals surface area contributed by atoms with Crippen LogP contribution < -0.4 is 5.32 Å². The highest BCUT2D eigenvalue weighted by Crippen LogP contribution is 2.12. The fourth-order valence-electron chi connectivity index (χ4n) is 1.85. The summed E-state index contributed by atoms with van der Waals surface area (Å²) < 4.78 is 1.67. The minimum atomic E-state index is -1.30. The van der Waals surface area contributed by atoms with Crippen molar-refractivity contribution in [1.82, 2.24) is 15.1 Å². The number of carboxylic acid groups (broad SMARTS) is 1. The van der Waals surface area contributed by atoms with E-state index in [1.54, 1.807) is 18.7 Å². The number of aliphatic hydroxyl groups is 1. The Hall–Kier alpha value is -1.89. The average molecular weight is 269 g/mol. The number of rotatable bonds is 5. The second kappa shape index (κ2) is 5.83. The molecule has 19 heavy (non-hydrogen) atoms. The molecule has 0 aliphatic heterocycles. The van der Waals surface area contributed by atoms with E-state index < -0.39 is 24.0 Å². The van der Waals surface area contributed by atoms with E-state index in [0.29, 0.717) is 0 Å². The summed E-state index contributed by atoms with van der Waals surface area (Å²) >= 11 is 0. The first-order chi connectivity index (χ1) is 8.73. The molecule has 0 radical (unpaired) electrons. The number of carboxylic acids is 1. The van der Waals surface area contributed by atoms with Gasteiger partial charge in [0, 0.05) is 18.3 Å². The Labute approximate surface area is 111 Å². The van der Waals surface area contributed by atoms with Gasteiger partial charge in [0.2, 0.25) is 5.91 Å². The number of hydrogen-bond donors (Lipinski definition) is 3. The Bertz CT molecular complexity index is 493. The summed E-state index contributed by atoms with van der Waals surface area (Å²) in [6.45, 7) is 4.95. The van der Waals surface area contributed by atoms with Crippen LogP contribution in [-0.4, -0.2) is 44.0 Å². The Morgan fingerprint density at radius 1 is 1.42 bits per heavy atom. The van der Waals surface area contributed by atoms with Gasteiger partial charge in [0.15, 0.2) is 6.04 Å². The van der Waals surface area contributed by atoms with E-state index in [0.717, 1.165) is 17.0 Å². The number of nitrogens with zero attached hydrogens (tertiary/aromatic N) is 2. The molecule has 0 bridgehead atoms. The van der Waals surface area contributed by atoms with Crippen molar-refractivity contribution in [2.24, 2.45) is 7.05 Å². The number of nitrogens with one attached hydrogen (secondary N) is 1. The zero-order valence-corrected chi connectivity index (χ0v) is 11.5. The van der Waals surface area contributed by atoms with E-state index in [1.165, 1.54) is 6.92 Å². The quantitative estimate of drug-likeness (QED) is 0.670. The lowest BCUT2D eigenvalue weighted by Crippen LogP contribution is -2.48. The third-order valence-electron chi connectivity index (χ3n) is 3.06. The zero-order valence-electron chi connectivity index (χ0n) is 11.5. The number of aromatic nitrogens is 2. The Morgan fingerprint density at radius 3 is 2.37 bits per heavy atom. The summed E-state index contributed by atoms with van der Waals surface area (Å²) in [6, 6.07) is -1.30. The monoisotopic (exact) mass is 269 g/mol. The molecule has 1 amide bonds. The standard InChI is InChI=1S/C12H19N3O4/c1-6-9(7(2)15(4)14-6)5-10(17)13-11(8(3)16)12(18)19/h8,11,16H,5H2,1-4H3,(H,13,17)(H,18,19). The summed E-state index contributed by atoms with van der Waals surface area (Å²) in [7, 11) is 1.78. The molecule has 0 spiro atoms. The Morgan fingerprint density at radius 2 is 2.00 bits per heavy atom. The summed E-state index contributed by atoms with van der Waals surface area (Å²) in [6.07, 6.45) is -1.11. The van der Waals surface area contributed by atoms with Crippen LogP contribution in [0, 0.1) is 13.8 Å². The number of aliphatic carboxylic acids is 1. The maximum absolute atomic E-state index is 11.8. The van der Waals surface area contributed by atoms with Crippen LogP contribution in [0.15, 0.2) is 0 Å². The zero-order chi connectivity index (χ0) is 14.7. The van der Waals surface area contributed by atoms with Gasteiger partial charge in [0.25, 0.3) is 0 Å². The van der Waals surface area contributed by atoms with Crippen molar-refractivity contribution in [3.05, 3.63) is 17.0 Å². The van der Waals surface area contributed by atoms with Crippen LogP contribution in [0.25, 0.3) is 0 Å². The van der Waals surface area contributed by atoms with E-state index in [9.17, 15) is 14.7 Å². The predicted octanol–water partition coefficient (Wildman–Crippen LogP) is -0.470. The Kier molecular flexibility index (Phi) is 4.66. The van der Waals surface area contributed by atoms with Gasteiger partial charge in [-0.25, -0.2) is 4.79 Å². The highest BCUT2D eigenvalue weighted by atomic mass is 16.4. The van der Waals surface area contributed by atoms with Gasteiger partial charge in [-0.05, 0) is 20.8 Å². The normalized spacial score (nSPS) is 13.9. The summed E-state index contributed by atoms with van der Waals surface area (Å²) in [4.78, 5) is 22.7. The van der Waals surface area contributed by atoms with Gasteiger partial charge < -0.3 is 15.5 Å². The van der Waals surface area contributed by atoms with Crippen LogP contribution in [0.5, 0.6) is 0 Å². The van der Waals surface area contributed by atoms with Crippen molar-refractivity contribution in [3.63, 3.8) is 0 Å². The number of hydrogen-bond acceptors (Lipinski definition) is 4. The van der Waals surface area contributed by atoms with Crippen molar-refractivity contribution in [2.45, 2.75) is 39.3 Å². The second-order valence-electron chi connectivity index (χ2n) is 4.57. The van der Waals surface area contributed by atoms with Crippen molar-refractivity contribution < 1.29 is 19.8 Å². The minimum absolute atomic E-state index is 0.0437. The first-order valence-electron chi connectivity index (χ1n) is 5.93. The summed E-state index contributed by atoms with van der Waals surface area (Å²) in [5.74, 6) is -1.71. The highest BCUT2D eigenvalue weighted by Gasteiger charge is 2.25. The van der Waals surface area contributed by atoms with E-state index in [2.05, 4.69) is 10.4 Å². The van der Waals surface area contributed by atoms with Crippen LogP contribution in [0.2, 0.25) is 0 Å².